The Bertz CT molecular complexity index is 584. The van der Waals surface area contributed by atoms with E-state index in [1.54, 1.807) is 7.11 Å². The number of nitrogens with one attached hydrogen (secondary N) is 1. The molecule has 0 fully saturated rings. The summed E-state index contributed by atoms with van der Waals surface area (Å²) in [6.45, 7) is 3.83. The fraction of sp³-hybridized carbons (Fsp3) is 0.357. The molecule has 20 heavy (non-hydrogen) atoms. The maximum atomic E-state index is 5.30. The predicted molar refractivity (Wildman–Crippen MR) is 88.2 cm³/mol. The van der Waals surface area contributed by atoms with Crippen molar-refractivity contribution in [3.63, 3.8) is 0 Å². The highest BCUT2D eigenvalue weighted by Crippen LogP contribution is 2.34. The van der Waals surface area contributed by atoms with Gasteiger partial charge in [0.15, 0.2) is 0 Å². The molecule has 2 rings (SSSR count). The lowest BCUT2D eigenvalue weighted by atomic mass is 10.3. The van der Waals surface area contributed by atoms with Gasteiger partial charge in [0.25, 0.3) is 0 Å². The Kier molecular flexibility index (Phi) is 5.48. The van der Waals surface area contributed by atoms with Crippen LogP contribution in [0.4, 0.5) is 5.69 Å². The average molecular weight is 403 g/mol. The van der Waals surface area contributed by atoms with E-state index in [9.17, 15) is 0 Å². The van der Waals surface area contributed by atoms with Crippen LogP contribution < -0.4 is 10.1 Å². The molecule has 0 atom stereocenters. The largest absolute Gasteiger partial charge is 0.495 e. The molecule has 0 aliphatic carbocycles. The van der Waals surface area contributed by atoms with Gasteiger partial charge >= 0.3 is 0 Å². The molecule has 2 aromatic rings. The maximum Gasteiger partial charge on any atom is 0.135 e. The van der Waals surface area contributed by atoms with Crippen molar-refractivity contribution >= 4 is 37.5 Å². The molecule has 1 N–H and O–H groups in total. The summed E-state index contributed by atoms with van der Waals surface area (Å²) < 4.78 is 9.19. The Morgan fingerprint density at radius 2 is 2.10 bits per heavy atom. The number of hydrogen-bond acceptors (Lipinski definition) is 3. The first-order chi connectivity index (χ1) is 9.63. The van der Waals surface area contributed by atoms with E-state index in [1.807, 2.05) is 23.0 Å². The fourth-order valence-electron chi connectivity index (χ4n) is 1.87. The standard InChI is InChI=1S/C14H17Br2N3O/c1-3-4-19-9-10(8-18-19)7-17-13-6-14(20-2)12(16)5-11(13)15/h5-6,8-9,17H,3-4,7H2,1-2H3. The summed E-state index contributed by atoms with van der Waals surface area (Å²) in [7, 11) is 1.66. The molecule has 0 spiro atoms. The molecule has 0 saturated carbocycles. The van der Waals surface area contributed by atoms with E-state index >= 15 is 0 Å². The molecule has 108 valence electrons. The zero-order valence-electron chi connectivity index (χ0n) is 11.5. The number of ether oxygens (including phenoxy) is 1. The topological polar surface area (TPSA) is 39.1 Å². The van der Waals surface area contributed by atoms with Gasteiger partial charge in [-0.15, -0.1) is 0 Å². The smallest absolute Gasteiger partial charge is 0.135 e. The lowest BCUT2D eigenvalue weighted by Crippen LogP contribution is -2.00. The molecule has 1 heterocycles. The molecule has 1 aromatic heterocycles. The number of hydrogen-bond donors (Lipinski definition) is 1. The van der Waals surface area contributed by atoms with Gasteiger partial charge in [0.05, 0.1) is 23.5 Å². The lowest BCUT2D eigenvalue weighted by Gasteiger charge is -2.11. The number of methoxy groups -OCH3 is 1. The van der Waals surface area contributed by atoms with E-state index in [4.69, 9.17) is 4.74 Å². The van der Waals surface area contributed by atoms with Gasteiger partial charge in [-0.25, -0.2) is 0 Å². The number of aromatic nitrogens is 2. The second-order valence-corrected chi connectivity index (χ2v) is 6.14. The van der Waals surface area contributed by atoms with Crippen molar-refractivity contribution in [1.29, 1.82) is 0 Å². The van der Waals surface area contributed by atoms with Crippen LogP contribution in [0.5, 0.6) is 5.75 Å². The van der Waals surface area contributed by atoms with Crippen molar-refractivity contribution in [1.82, 2.24) is 9.78 Å². The highest BCUT2D eigenvalue weighted by molar-refractivity contribution is 9.11. The van der Waals surface area contributed by atoms with Gasteiger partial charge in [-0.3, -0.25) is 4.68 Å². The first-order valence-corrected chi connectivity index (χ1v) is 8.01. The average Bonchev–Trinajstić information content (AvgIpc) is 2.86. The van der Waals surface area contributed by atoms with E-state index in [2.05, 4.69) is 55.4 Å². The lowest BCUT2D eigenvalue weighted by molar-refractivity contribution is 0.412. The normalized spacial score (nSPS) is 10.6. The van der Waals surface area contributed by atoms with Gasteiger partial charge in [0.2, 0.25) is 0 Å². The zero-order valence-corrected chi connectivity index (χ0v) is 14.7. The van der Waals surface area contributed by atoms with E-state index in [1.165, 1.54) is 0 Å². The van der Waals surface area contributed by atoms with Crippen LogP contribution in [0.25, 0.3) is 0 Å². The van der Waals surface area contributed by atoms with Gasteiger partial charge in [-0.05, 0) is 44.3 Å². The third-order valence-electron chi connectivity index (χ3n) is 2.86. The number of anilines is 1. The molecule has 6 heteroatoms. The molecule has 4 nitrogen and oxygen atoms in total. The van der Waals surface area contributed by atoms with Crippen LogP contribution in [0.1, 0.15) is 18.9 Å². The third-order valence-corrected chi connectivity index (χ3v) is 4.14. The first kappa shape index (κ1) is 15.4. The van der Waals surface area contributed by atoms with Crippen molar-refractivity contribution < 1.29 is 4.74 Å². The van der Waals surface area contributed by atoms with Crippen molar-refractivity contribution in [2.75, 3.05) is 12.4 Å². The van der Waals surface area contributed by atoms with Crippen LogP contribution >= 0.6 is 31.9 Å². The Morgan fingerprint density at radius 3 is 2.80 bits per heavy atom. The number of rotatable bonds is 6. The van der Waals surface area contributed by atoms with Crippen molar-refractivity contribution in [2.24, 2.45) is 0 Å². The molecular formula is C14H17Br2N3O. The van der Waals surface area contributed by atoms with Crippen LogP contribution in [0.2, 0.25) is 0 Å². The second kappa shape index (κ2) is 7.13. The van der Waals surface area contributed by atoms with Crippen LogP contribution in [0.3, 0.4) is 0 Å². The molecular weight excluding hydrogens is 386 g/mol. The van der Waals surface area contributed by atoms with E-state index in [0.717, 1.165) is 45.5 Å². The Balaban J connectivity index is 2.06. The fourth-order valence-corrected chi connectivity index (χ4v) is 3.16. The Morgan fingerprint density at radius 1 is 1.30 bits per heavy atom. The minimum absolute atomic E-state index is 0.729. The zero-order chi connectivity index (χ0) is 14.5. The van der Waals surface area contributed by atoms with Gasteiger partial charge < -0.3 is 10.1 Å². The highest BCUT2D eigenvalue weighted by atomic mass is 79.9. The molecule has 0 radical (unpaired) electrons. The van der Waals surface area contributed by atoms with E-state index in [-0.39, 0.29) is 0 Å². The summed E-state index contributed by atoms with van der Waals surface area (Å²) in [5.41, 5.74) is 2.15. The number of halogens is 2. The summed E-state index contributed by atoms with van der Waals surface area (Å²) in [5, 5.41) is 7.71. The van der Waals surface area contributed by atoms with Gasteiger partial charge in [0.1, 0.15) is 5.75 Å². The monoisotopic (exact) mass is 401 g/mol. The minimum atomic E-state index is 0.729. The van der Waals surface area contributed by atoms with Crippen LogP contribution in [-0.4, -0.2) is 16.9 Å². The third kappa shape index (κ3) is 3.76. The molecule has 0 unspecified atom stereocenters. The summed E-state index contributed by atoms with van der Waals surface area (Å²) >= 11 is 7.01. The van der Waals surface area contributed by atoms with E-state index in [0.29, 0.717) is 0 Å². The van der Waals surface area contributed by atoms with Crippen LogP contribution in [0.15, 0.2) is 33.5 Å². The van der Waals surface area contributed by atoms with E-state index < -0.39 is 0 Å². The van der Waals surface area contributed by atoms with Crippen molar-refractivity contribution in [3.05, 3.63) is 39.0 Å². The summed E-state index contributed by atoms with van der Waals surface area (Å²) in [5.74, 6) is 0.803. The first-order valence-electron chi connectivity index (χ1n) is 6.42. The summed E-state index contributed by atoms with van der Waals surface area (Å²) in [6.07, 6.45) is 5.05. The Hall–Kier alpha value is -1.01. The highest BCUT2D eigenvalue weighted by Gasteiger charge is 2.07. The minimum Gasteiger partial charge on any atom is -0.495 e. The molecule has 0 bridgehead atoms. The SMILES string of the molecule is CCCn1cc(CNc2cc(OC)c(Br)cc2Br)cn1. The predicted octanol–water partition coefficient (Wildman–Crippen LogP) is 4.44. The van der Waals surface area contributed by atoms with Crippen molar-refractivity contribution in [3.8, 4) is 5.75 Å². The molecule has 0 aliphatic rings. The van der Waals surface area contributed by atoms with Gasteiger partial charge in [-0.1, -0.05) is 6.92 Å². The molecule has 0 amide bonds. The molecule has 0 aliphatic heterocycles. The summed E-state index contributed by atoms with van der Waals surface area (Å²) in [6, 6.07) is 3.94. The number of nitrogens with zero attached hydrogens (tertiary/aromatic N) is 2. The van der Waals surface area contributed by atoms with Crippen molar-refractivity contribution in [2.45, 2.75) is 26.4 Å². The quantitative estimate of drug-likeness (QED) is 0.776. The van der Waals surface area contributed by atoms with Crippen LogP contribution in [0, 0.1) is 0 Å². The molecule has 1 aromatic carbocycles. The molecule has 0 saturated heterocycles. The maximum absolute atomic E-state index is 5.30. The van der Waals surface area contributed by atoms with Gasteiger partial charge in [-0.2, -0.15) is 5.10 Å². The summed E-state index contributed by atoms with van der Waals surface area (Å²) in [4.78, 5) is 0. The number of aryl methyl sites for hydroxylation is 1. The number of benzene rings is 1. The van der Waals surface area contributed by atoms with Gasteiger partial charge in [0, 0.05) is 35.4 Å². The Labute approximate surface area is 135 Å². The second-order valence-electron chi connectivity index (χ2n) is 4.43. The van der Waals surface area contributed by atoms with Crippen LogP contribution in [-0.2, 0) is 13.1 Å².